The molecule has 0 unspecified atom stereocenters. The van der Waals surface area contributed by atoms with Crippen LogP contribution in [0.2, 0.25) is 0 Å². The summed E-state index contributed by atoms with van der Waals surface area (Å²) < 4.78 is 5.19. The van der Waals surface area contributed by atoms with E-state index in [4.69, 9.17) is 4.74 Å². The Morgan fingerprint density at radius 3 is 2.80 bits per heavy atom. The monoisotopic (exact) mass is 275 g/mol. The molecule has 3 nitrogen and oxygen atoms in total. The number of piperidine rings is 1. The van der Waals surface area contributed by atoms with Crippen LogP contribution in [-0.2, 0) is 16.1 Å². The maximum Gasteiger partial charge on any atom is 0.310 e. The molecule has 1 heterocycles. The lowest BCUT2D eigenvalue weighted by Crippen LogP contribution is -2.45. The van der Waals surface area contributed by atoms with Crippen molar-refractivity contribution in [1.82, 2.24) is 4.90 Å². The zero-order valence-corrected chi connectivity index (χ0v) is 12.5. The number of benzene rings is 1. The molecular weight excluding hydrogens is 250 g/mol. The van der Waals surface area contributed by atoms with Gasteiger partial charge in [-0.25, -0.2) is 0 Å². The summed E-state index contributed by atoms with van der Waals surface area (Å²) >= 11 is 0. The average Bonchev–Trinajstić information content (AvgIpc) is 2.48. The van der Waals surface area contributed by atoms with Gasteiger partial charge in [0.05, 0.1) is 12.5 Å². The molecule has 110 valence electrons. The predicted molar refractivity (Wildman–Crippen MR) is 80.3 cm³/mol. The third kappa shape index (κ3) is 3.83. The molecule has 1 saturated heterocycles. The molecule has 0 bridgehead atoms. The summed E-state index contributed by atoms with van der Waals surface area (Å²) in [5.41, 5.74) is 1.32. The van der Waals surface area contributed by atoms with Crippen molar-refractivity contribution in [2.45, 2.75) is 45.7 Å². The summed E-state index contributed by atoms with van der Waals surface area (Å²) in [5.74, 6) is -0.101. The highest BCUT2D eigenvalue weighted by Gasteiger charge is 2.32. The van der Waals surface area contributed by atoms with Crippen LogP contribution in [-0.4, -0.2) is 30.1 Å². The Morgan fingerprint density at radius 2 is 2.10 bits per heavy atom. The molecule has 0 radical (unpaired) electrons. The van der Waals surface area contributed by atoms with Gasteiger partial charge in [0.2, 0.25) is 0 Å². The highest BCUT2D eigenvalue weighted by molar-refractivity contribution is 5.72. The normalized spacial score (nSPS) is 21.4. The van der Waals surface area contributed by atoms with E-state index in [1.165, 1.54) is 18.4 Å². The van der Waals surface area contributed by atoms with Gasteiger partial charge in [-0.2, -0.15) is 0 Å². The molecule has 2 atom stereocenters. The summed E-state index contributed by atoms with van der Waals surface area (Å²) in [4.78, 5) is 14.4. The van der Waals surface area contributed by atoms with Crippen molar-refractivity contribution < 1.29 is 9.53 Å². The summed E-state index contributed by atoms with van der Waals surface area (Å²) in [6.45, 7) is 6.34. The first-order valence-corrected chi connectivity index (χ1v) is 7.67. The van der Waals surface area contributed by atoms with E-state index in [9.17, 15) is 4.79 Å². The number of carbonyl (C=O) groups is 1. The number of esters is 1. The Bertz CT molecular complexity index is 418. The second kappa shape index (κ2) is 7.44. The molecule has 0 saturated carbocycles. The molecule has 0 amide bonds. The van der Waals surface area contributed by atoms with E-state index in [2.05, 4.69) is 29.2 Å². The molecule has 0 aliphatic carbocycles. The van der Waals surface area contributed by atoms with Gasteiger partial charge < -0.3 is 4.74 Å². The number of carbonyl (C=O) groups excluding carboxylic acids is 1. The van der Waals surface area contributed by atoms with Crippen LogP contribution in [0.15, 0.2) is 30.3 Å². The standard InChI is InChI=1S/C17H25NO2/c1-3-20-17(19)14(2)16-11-7-8-12-18(16)13-15-9-5-4-6-10-15/h4-6,9-10,14,16H,3,7-8,11-13H2,1-2H3/t14-,16-/m1/s1. The van der Waals surface area contributed by atoms with Crippen molar-refractivity contribution in [3.05, 3.63) is 35.9 Å². The smallest absolute Gasteiger partial charge is 0.310 e. The van der Waals surface area contributed by atoms with Gasteiger partial charge in [0, 0.05) is 12.6 Å². The first kappa shape index (κ1) is 15.0. The second-order valence-electron chi connectivity index (χ2n) is 5.56. The minimum absolute atomic E-state index is 0.0426. The highest BCUT2D eigenvalue weighted by Crippen LogP contribution is 2.25. The predicted octanol–water partition coefficient (Wildman–Crippen LogP) is 3.24. The van der Waals surface area contributed by atoms with Crippen LogP contribution in [0, 0.1) is 5.92 Å². The van der Waals surface area contributed by atoms with Crippen molar-refractivity contribution in [2.24, 2.45) is 5.92 Å². The fourth-order valence-electron chi connectivity index (χ4n) is 3.03. The van der Waals surface area contributed by atoms with Crippen molar-refractivity contribution in [2.75, 3.05) is 13.2 Å². The Kier molecular flexibility index (Phi) is 5.60. The summed E-state index contributed by atoms with van der Waals surface area (Å²) in [6, 6.07) is 10.8. The molecule has 1 aliphatic rings. The molecular formula is C17H25NO2. The Morgan fingerprint density at radius 1 is 1.35 bits per heavy atom. The maximum atomic E-state index is 12.0. The number of nitrogens with zero attached hydrogens (tertiary/aromatic N) is 1. The van der Waals surface area contributed by atoms with Gasteiger partial charge in [0.25, 0.3) is 0 Å². The number of hydrogen-bond donors (Lipinski definition) is 0. The van der Waals surface area contributed by atoms with Gasteiger partial charge in [0.1, 0.15) is 0 Å². The van der Waals surface area contributed by atoms with Gasteiger partial charge in [-0.3, -0.25) is 9.69 Å². The third-order valence-corrected chi connectivity index (χ3v) is 4.13. The minimum atomic E-state index is -0.0579. The molecule has 1 aromatic rings. The second-order valence-corrected chi connectivity index (χ2v) is 5.56. The van der Waals surface area contributed by atoms with Crippen LogP contribution in [0.1, 0.15) is 38.7 Å². The van der Waals surface area contributed by atoms with Gasteiger partial charge in [0.15, 0.2) is 0 Å². The van der Waals surface area contributed by atoms with Crippen LogP contribution >= 0.6 is 0 Å². The highest BCUT2D eigenvalue weighted by atomic mass is 16.5. The van der Waals surface area contributed by atoms with Crippen LogP contribution in [0.25, 0.3) is 0 Å². The molecule has 20 heavy (non-hydrogen) atoms. The fourth-order valence-corrected chi connectivity index (χ4v) is 3.03. The van der Waals surface area contributed by atoms with Crippen LogP contribution in [0.5, 0.6) is 0 Å². The number of ether oxygens (including phenoxy) is 1. The van der Waals surface area contributed by atoms with Crippen molar-refractivity contribution in [3.8, 4) is 0 Å². The van der Waals surface area contributed by atoms with E-state index in [0.717, 1.165) is 19.5 Å². The van der Waals surface area contributed by atoms with Crippen molar-refractivity contribution >= 4 is 5.97 Å². The number of rotatable bonds is 5. The van der Waals surface area contributed by atoms with E-state index < -0.39 is 0 Å². The lowest BCUT2D eigenvalue weighted by Gasteiger charge is -2.38. The molecule has 2 rings (SSSR count). The molecule has 0 spiro atoms. The molecule has 1 aliphatic heterocycles. The zero-order valence-electron chi connectivity index (χ0n) is 12.5. The summed E-state index contributed by atoms with van der Waals surface area (Å²) in [6.07, 6.45) is 3.52. The summed E-state index contributed by atoms with van der Waals surface area (Å²) in [7, 11) is 0. The molecule has 1 aromatic carbocycles. The third-order valence-electron chi connectivity index (χ3n) is 4.13. The molecule has 0 N–H and O–H groups in total. The van der Waals surface area contributed by atoms with E-state index in [1.54, 1.807) is 0 Å². The Balaban J connectivity index is 2.03. The quantitative estimate of drug-likeness (QED) is 0.773. The zero-order chi connectivity index (χ0) is 14.4. The Hall–Kier alpha value is -1.35. The van der Waals surface area contributed by atoms with E-state index >= 15 is 0 Å². The number of hydrogen-bond acceptors (Lipinski definition) is 3. The summed E-state index contributed by atoms with van der Waals surface area (Å²) in [5, 5.41) is 0. The van der Waals surface area contributed by atoms with Gasteiger partial charge >= 0.3 is 5.97 Å². The van der Waals surface area contributed by atoms with Crippen LogP contribution in [0.3, 0.4) is 0 Å². The fraction of sp³-hybridized carbons (Fsp3) is 0.588. The topological polar surface area (TPSA) is 29.5 Å². The maximum absolute atomic E-state index is 12.0. The van der Waals surface area contributed by atoms with E-state index in [0.29, 0.717) is 12.6 Å². The van der Waals surface area contributed by atoms with Gasteiger partial charge in [-0.05, 0) is 31.9 Å². The molecule has 1 fully saturated rings. The van der Waals surface area contributed by atoms with Crippen LogP contribution in [0.4, 0.5) is 0 Å². The van der Waals surface area contributed by atoms with Gasteiger partial charge in [-0.15, -0.1) is 0 Å². The molecule has 0 aromatic heterocycles. The lowest BCUT2D eigenvalue weighted by atomic mass is 9.91. The average molecular weight is 275 g/mol. The van der Waals surface area contributed by atoms with Gasteiger partial charge in [-0.1, -0.05) is 43.7 Å². The SMILES string of the molecule is CCOC(=O)[C@H](C)[C@H]1CCCCN1Cc1ccccc1. The van der Waals surface area contributed by atoms with Crippen molar-refractivity contribution in [3.63, 3.8) is 0 Å². The first-order valence-electron chi connectivity index (χ1n) is 7.67. The van der Waals surface area contributed by atoms with Crippen molar-refractivity contribution in [1.29, 1.82) is 0 Å². The van der Waals surface area contributed by atoms with E-state index in [-0.39, 0.29) is 11.9 Å². The van der Waals surface area contributed by atoms with E-state index in [1.807, 2.05) is 19.9 Å². The first-order chi connectivity index (χ1) is 9.72. The lowest BCUT2D eigenvalue weighted by molar-refractivity contribution is -0.150. The largest absolute Gasteiger partial charge is 0.466 e. The van der Waals surface area contributed by atoms with Crippen LogP contribution < -0.4 is 0 Å². The molecule has 3 heteroatoms. The Labute approximate surface area is 121 Å². The number of likely N-dealkylation sites (tertiary alicyclic amines) is 1. The minimum Gasteiger partial charge on any atom is -0.466 e.